The average Bonchev–Trinajstić information content (AvgIpc) is 2.82. The molecule has 0 saturated heterocycles. The molecule has 0 aliphatic carbocycles. The minimum absolute atomic E-state index is 0.0919. The standard InChI is InChI=1S/C16H25N3O2/c1-16(2,3)14-11-15(17)19(18-14)12-6-4-7-13(10-12)21-9-5-8-20/h4,6-7,10-11,14,18,20H,5,8-9,17H2,1-3H3. The van der Waals surface area contributed by atoms with Crippen LogP contribution in [0.15, 0.2) is 36.2 Å². The summed E-state index contributed by atoms with van der Waals surface area (Å²) in [4.78, 5) is 0. The van der Waals surface area contributed by atoms with E-state index in [0.717, 1.165) is 11.4 Å². The third-order valence-electron chi connectivity index (χ3n) is 3.44. The highest BCUT2D eigenvalue weighted by molar-refractivity contribution is 5.55. The Hall–Kier alpha value is -1.72. The fourth-order valence-corrected chi connectivity index (χ4v) is 2.13. The number of benzene rings is 1. The first kappa shape index (κ1) is 15.7. The Labute approximate surface area is 126 Å². The Kier molecular flexibility index (Phi) is 4.75. The molecule has 1 aromatic carbocycles. The summed E-state index contributed by atoms with van der Waals surface area (Å²) >= 11 is 0. The quantitative estimate of drug-likeness (QED) is 0.724. The highest BCUT2D eigenvalue weighted by Crippen LogP contribution is 2.29. The minimum atomic E-state index is 0.0919. The van der Waals surface area contributed by atoms with Crippen molar-refractivity contribution in [2.24, 2.45) is 11.1 Å². The van der Waals surface area contributed by atoms with Gasteiger partial charge in [-0.15, -0.1) is 0 Å². The fourth-order valence-electron chi connectivity index (χ4n) is 2.13. The van der Waals surface area contributed by atoms with Gasteiger partial charge in [0.1, 0.15) is 11.6 Å². The van der Waals surface area contributed by atoms with Crippen molar-refractivity contribution in [3.8, 4) is 5.75 Å². The van der Waals surface area contributed by atoms with E-state index in [9.17, 15) is 0 Å². The number of hydrogen-bond donors (Lipinski definition) is 3. The molecule has 0 radical (unpaired) electrons. The molecule has 0 spiro atoms. The molecule has 21 heavy (non-hydrogen) atoms. The smallest absolute Gasteiger partial charge is 0.121 e. The van der Waals surface area contributed by atoms with Crippen LogP contribution in [0.25, 0.3) is 0 Å². The second-order valence-corrected chi connectivity index (χ2v) is 6.32. The van der Waals surface area contributed by atoms with Crippen LogP contribution in [0, 0.1) is 5.41 Å². The van der Waals surface area contributed by atoms with E-state index in [1.54, 1.807) is 0 Å². The zero-order valence-corrected chi connectivity index (χ0v) is 13.0. The molecule has 1 aliphatic rings. The second kappa shape index (κ2) is 6.37. The van der Waals surface area contributed by atoms with E-state index in [4.69, 9.17) is 15.6 Å². The molecule has 0 fully saturated rings. The third kappa shape index (κ3) is 3.89. The Morgan fingerprint density at radius 2 is 2.14 bits per heavy atom. The first-order valence-electron chi connectivity index (χ1n) is 7.29. The van der Waals surface area contributed by atoms with Crippen LogP contribution in [0.3, 0.4) is 0 Å². The van der Waals surface area contributed by atoms with Crippen LogP contribution < -0.4 is 20.9 Å². The van der Waals surface area contributed by atoms with Gasteiger partial charge >= 0.3 is 0 Å². The van der Waals surface area contributed by atoms with Gasteiger partial charge in [0, 0.05) is 19.1 Å². The molecule has 1 aromatic rings. The zero-order valence-electron chi connectivity index (χ0n) is 13.0. The van der Waals surface area contributed by atoms with Crippen molar-refractivity contribution in [1.82, 2.24) is 5.43 Å². The van der Waals surface area contributed by atoms with Gasteiger partial charge in [-0.2, -0.15) is 0 Å². The molecule has 2 rings (SSSR count). The number of rotatable bonds is 5. The molecule has 0 saturated carbocycles. The van der Waals surface area contributed by atoms with Crippen molar-refractivity contribution < 1.29 is 9.84 Å². The number of anilines is 1. The van der Waals surface area contributed by atoms with Gasteiger partial charge in [0.05, 0.1) is 18.3 Å². The largest absolute Gasteiger partial charge is 0.493 e. The van der Waals surface area contributed by atoms with Crippen molar-refractivity contribution in [3.05, 3.63) is 36.2 Å². The van der Waals surface area contributed by atoms with Crippen LogP contribution in [0.1, 0.15) is 27.2 Å². The Balaban J connectivity index is 2.09. The third-order valence-corrected chi connectivity index (χ3v) is 3.44. The number of hydrazine groups is 1. The summed E-state index contributed by atoms with van der Waals surface area (Å²) in [6, 6.07) is 7.95. The molecule has 0 aromatic heterocycles. The number of nitrogens with one attached hydrogen (secondary N) is 1. The molecule has 0 bridgehead atoms. The molecule has 5 heteroatoms. The SMILES string of the molecule is CC(C)(C)C1C=C(N)N(c2cccc(OCCCO)c2)N1. The number of aliphatic hydroxyl groups is 1. The van der Waals surface area contributed by atoms with E-state index in [0.29, 0.717) is 18.8 Å². The number of nitrogens with two attached hydrogens (primary N) is 1. The van der Waals surface area contributed by atoms with E-state index >= 15 is 0 Å². The van der Waals surface area contributed by atoms with Crippen LogP contribution in [0.2, 0.25) is 0 Å². The van der Waals surface area contributed by atoms with Crippen molar-refractivity contribution in [1.29, 1.82) is 0 Å². The van der Waals surface area contributed by atoms with Gasteiger partial charge < -0.3 is 15.6 Å². The van der Waals surface area contributed by atoms with Crippen molar-refractivity contribution >= 4 is 5.69 Å². The van der Waals surface area contributed by atoms with Gasteiger partial charge in [0.2, 0.25) is 0 Å². The molecule has 1 atom stereocenters. The topological polar surface area (TPSA) is 70.8 Å². The molecule has 1 aliphatic heterocycles. The lowest BCUT2D eigenvalue weighted by Crippen LogP contribution is -2.44. The predicted molar refractivity (Wildman–Crippen MR) is 84.8 cm³/mol. The van der Waals surface area contributed by atoms with Gasteiger partial charge in [0.15, 0.2) is 0 Å². The van der Waals surface area contributed by atoms with E-state index < -0.39 is 0 Å². The van der Waals surface area contributed by atoms with Crippen LogP contribution in [0.4, 0.5) is 5.69 Å². The summed E-state index contributed by atoms with van der Waals surface area (Å²) in [5.74, 6) is 1.47. The number of ether oxygens (including phenoxy) is 1. The lowest BCUT2D eigenvalue weighted by atomic mass is 9.87. The van der Waals surface area contributed by atoms with Crippen LogP contribution >= 0.6 is 0 Å². The maximum Gasteiger partial charge on any atom is 0.121 e. The van der Waals surface area contributed by atoms with E-state index in [1.807, 2.05) is 35.4 Å². The number of aliphatic hydroxyl groups excluding tert-OH is 1. The maximum absolute atomic E-state index is 8.79. The molecule has 4 N–H and O–H groups in total. The van der Waals surface area contributed by atoms with Crippen LogP contribution in [-0.2, 0) is 0 Å². The average molecular weight is 291 g/mol. The molecule has 5 nitrogen and oxygen atoms in total. The second-order valence-electron chi connectivity index (χ2n) is 6.32. The summed E-state index contributed by atoms with van der Waals surface area (Å²) in [5.41, 5.74) is 10.6. The number of hydrogen-bond acceptors (Lipinski definition) is 5. The Bertz CT molecular complexity index is 508. The molecule has 116 valence electrons. The lowest BCUT2D eigenvalue weighted by molar-refractivity contribution is 0.233. The van der Waals surface area contributed by atoms with Gasteiger partial charge in [-0.25, -0.2) is 5.43 Å². The van der Waals surface area contributed by atoms with E-state index in [1.165, 1.54) is 0 Å². The summed E-state index contributed by atoms with van der Waals surface area (Å²) in [7, 11) is 0. The first-order chi connectivity index (χ1) is 9.91. The predicted octanol–water partition coefficient (Wildman–Crippen LogP) is 1.99. The minimum Gasteiger partial charge on any atom is -0.493 e. The molecule has 1 unspecified atom stereocenters. The number of nitrogens with zero attached hydrogens (tertiary/aromatic N) is 1. The van der Waals surface area contributed by atoms with Gasteiger partial charge in [0.25, 0.3) is 0 Å². The highest BCUT2D eigenvalue weighted by Gasteiger charge is 2.31. The molecule has 1 heterocycles. The van der Waals surface area contributed by atoms with Crippen LogP contribution in [0.5, 0.6) is 5.75 Å². The van der Waals surface area contributed by atoms with Crippen molar-refractivity contribution in [2.75, 3.05) is 18.2 Å². The van der Waals surface area contributed by atoms with Crippen molar-refractivity contribution in [3.63, 3.8) is 0 Å². The first-order valence-corrected chi connectivity index (χ1v) is 7.29. The summed E-state index contributed by atoms with van der Waals surface area (Å²) < 4.78 is 5.60. The van der Waals surface area contributed by atoms with E-state index in [2.05, 4.69) is 26.2 Å². The maximum atomic E-state index is 8.79. The van der Waals surface area contributed by atoms with Crippen molar-refractivity contribution in [2.45, 2.75) is 33.2 Å². The molecule has 0 amide bonds. The summed E-state index contributed by atoms with van der Waals surface area (Å²) in [5, 5.41) is 10.7. The normalized spacial score (nSPS) is 18.8. The Morgan fingerprint density at radius 1 is 1.38 bits per heavy atom. The monoisotopic (exact) mass is 291 g/mol. The Morgan fingerprint density at radius 3 is 2.76 bits per heavy atom. The van der Waals surface area contributed by atoms with Gasteiger partial charge in [-0.3, -0.25) is 5.01 Å². The highest BCUT2D eigenvalue weighted by atomic mass is 16.5. The zero-order chi connectivity index (χ0) is 15.5. The molecular weight excluding hydrogens is 266 g/mol. The van der Waals surface area contributed by atoms with Gasteiger partial charge in [-0.1, -0.05) is 26.8 Å². The van der Waals surface area contributed by atoms with Gasteiger partial charge in [-0.05, 0) is 23.6 Å². The lowest BCUT2D eigenvalue weighted by Gasteiger charge is -2.29. The fraction of sp³-hybridized carbons (Fsp3) is 0.500. The van der Waals surface area contributed by atoms with E-state index in [-0.39, 0.29) is 18.1 Å². The van der Waals surface area contributed by atoms with Crippen LogP contribution in [-0.4, -0.2) is 24.4 Å². The summed E-state index contributed by atoms with van der Waals surface area (Å²) in [6.45, 7) is 7.16. The summed E-state index contributed by atoms with van der Waals surface area (Å²) in [6.07, 6.45) is 2.67. The molecular formula is C16H25N3O2.